The van der Waals surface area contributed by atoms with Gasteiger partial charge < -0.3 is 9.47 Å². The third-order valence-electron chi connectivity index (χ3n) is 3.11. The summed E-state index contributed by atoms with van der Waals surface area (Å²) in [5.74, 6) is 1.61. The van der Waals surface area contributed by atoms with Gasteiger partial charge in [0.05, 0.1) is 24.9 Å². The van der Waals surface area contributed by atoms with Gasteiger partial charge in [0.15, 0.2) is 0 Å². The molecule has 104 valence electrons. The number of benzene rings is 1. The minimum atomic E-state index is 0.615. The standard InChI is InChI=1S/C17H19NO2/c1-5-12(6-2)15-11-17(20-7-3)14-9-8-13(19-4)10-16(14)18-15/h5-6,8-11H,1,7H2,2-4H3/b12-6+. The Kier molecular flexibility index (Phi) is 4.41. The van der Waals surface area contributed by atoms with Gasteiger partial charge in [-0.25, -0.2) is 4.98 Å². The molecule has 1 aromatic carbocycles. The SMILES string of the molecule is C=C/C(=C\C)c1cc(OCC)c2ccc(OC)cc2n1. The molecule has 0 aliphatic rings. The van der Waals surface area contributed by atoms with Crippen LogP contribution in [0.5, 0.6) is 11.5 Å². The monoisotopic (exact) mass is 269 g/mol. The molecule has 1 aromatic heterocycles. The highest BCUT2D eigenvalue weighted by Crippen LogP contribution is 2.30. The Morgan fingerprint density at radius 3 is 2.75 bits per heavy atom. The van der Waals surface area contributed by atoms with Crippen LogP contribution in [0.1, 0.15) is 19.5 Å². The lowest BCUT2D eigenvalue weighted by Crippen LogP contribution is -1.97. The third-order valence-corrected chi connectivity index (χ3v) is 3.11. The van der Waals surface area contributed by atoms with Gasteiger partial charge in [0.2, 0.25) is 0 Å². The molecule has 0 N–H and O–H groups in total. The molecule has 0 spiro atoms. The average Bonchev–Trinajstić information content (AvgIpc) is 2.48. The van der Waals surface area contributed by atoms with Crippen molar-refractivity contribution in [2.24, 2.45) is 0 Å². The van der Waals surface area contributed by atoms with E-state index in [1.807, 2.05) is 44.2 Å². The van der Waals surface area contributed by atoms with Crippen LogP contribution in [0.2, 0.25) is 0 Å². The molecule has 2 rings (SSSR count). The zero-order valence-corrected chi connectivity index (χ0v) is 12.1. The molecule has 0 fully saturated rings. The van der Waals surface area contributed by atoms with Crippen molar-refractivity contribution in [2.45, 2.75) is 13.8 Å². The molecular weight excluding hydrogens is 250 g/mol. The number of ether oxygens (including phenoxy) is 2. The predicted octanol–water partition coefficient (Wildman–Crippen LogP) is 4.23. The first-order valence-corrected chi connectivity index (χ1v) is 6.64. The summed E-state index contributed by atoms with van der Waals surface area (Å²) in [4.78, 5) is 4.67. The zero-order valence-electron chi connectivity index (χ0n) is 12.1. The summed E-state index contributed by atoms with van der Waals surface area (Å²) in [5.41, 5.74) is 2.69. The maximum Gasteiger partial charge on any atom is 0.130 e. The lowest BCUT2D eigenvalue weighted by Gasteiger charge is -2.11. The van der Waals surface area contributed by atoms with E-state index in [4.69, 9.17) is 9.47 Å². The van der Waals surface area contributed by atoms with Crippen LogP contribution >= 0.6 is 0 Å². The normalized spacial score (nSPS) is 11.4. The molecule has 0 saturated carbocycles. The van der Waals surface area contributed by atoms with Gasteiger partial charge >= 0.3 is 0 Å². The number of allylic oxidation sites excluding steroid dienone is 3. The third kappa shape index (κ3) is 2.67. The molecule has 1 heterocycles. The van der Waals surface area contributed by atoms with Crippen LogP contribution in [0.4, 0.5) is 0 Å². The van der Waals surface area contributed by atoms with Gasteiger partial charge in [-0.15, -0.1) is 0 Å². The first-order valence-electron chi connectivity index (χ1n) is 6.64. The Labute approximate surface area is 119 Å². The lowest BCUT2D eigenvalue weighted by molar-refractivity contribution is 0.344. The molecule has 0 radical (unpaired) electrons. The van der Waals surface area contributed by atoms with E-state index < -0.39 is 0 Å². The van der Waals surface area contributed by atoms with E-state index in [1.165, 1.54) is 0 Å². The average molecular weight is 269 g/mol. The molecule has 0 saturated heterocycles. The van der Waals surface area contributed by atoms with Crippen LogP contribution in [0.3, 0.4) is 0 Å². The molecule has 0 bridgehead atoms. The first kappa shape index (κ1) is 14.1. The summed E-state index contributed by atoms with van der Waals surface area (Å²) < 4.78 is 11.0. The fourth-order valence-corrected chi connectivity index (χ4v) is 2.10. The largest absolute Gasteiger partial charge is 0.497 e. The topological polar surface area (TPSA) is 31.4 Å². The highest BCUT2D eigenvalue weighted by molar-refractivity contribution is 5.89. The second-order valence-electron chi connectivity index (χ2n) is 4.27. The zero-order chi connectivity index (χ0) is 14.5. The van der Waals surface area contributed by atoms with E-state index in [0.717, 1.165) is 33.7 Å². The molecule has 3 nitrogen and oxygen atoms in total. The van der Waals surface area contributed by atoms with Gasteiger partial charge in [0, 0.05) is 17.5 Å². The fourth-order valence-electron chi connectivity index (χ4n) is 2.10. The lowest BCUT2D eigenvalue weighted by atomic mass is 10.1. The number of fused-ring (bicyclic) bond motifs is 1. The molecule has 3 heteroatoms. The number of hydrogen-bond donors (Lipinski definition) is 0. The Balaban J connectivity index is 2.69. The number of nitrogens with zero attached hydrogens (tertiary/aromatic N) is 1. The highest BCUT2D eigenvalue weighted by atomic mass is 16.5. The molecule has 0 aliphatic heterocycles. The van der Waals surface area contributed by atoms with Gasteiger partial charge in [-0.05, 0) is 31.6 Å². The summed E-state index contributed by atoms with van der Waals surface area (Å²) >= 11 is 0. The summed E-state index contributed by atoms with van der Waals surface area (Å²) in [5, 5.41) is 0.982. The van der Waals surface area contributed by atoms with Crippen LogP contribution in [0.25, 0.3) is 16.5 Å². The molecule has 0 unspecified atom stereocenters. The van der Waals surface area contributed by atoms with Crippen molar-refractivity contribution in [3.63, 3.8) is 0 Å². The van der Waals surface area contributed by atoms with Crippen molar-refractivity contribution < 1.29 is 9.47 Å². The van der Waals surface area contributed by atoms with E-state index in [2.05, 4.69) is 11.6 Å². The number of methoxy groups -OCH3 is 1. The number of hydrogen-bond acceptors (Lipinski definition) is 3. The summed E-state index contributed by atoms with van der Waals surface area (Å²) in [6, 6.07) is 7.75. The van der Waals surface area contributed by atoms with Gasteiger partial charge in [0.1, 0.15) is 11.5 Å². The number of pyridine rings is 1. The van der Waals surface area contributed by atoms with Crippen molar-refractivity contribution in [1.82, 2.24) is 4.98 Å². The second kappa shape index (κ2) is 6.24. The van der Waals surface area contributed by atoms with Gasteiger partial charge in [-0.3, -0.25) is 0 Å². The van der Waals surface area contributed by atoms with E-state index in [9.17, 15) is 0 Å². The van der Waals surface area contributed by atoms with E-state index >= 15 is 0 Å². The van der Waals surface area contributed by atoms with Crippen molar-refractivity contribution in [3.8, 4) is 11.5 Å². The van der Waals surface area contributed by atoms with E-state index in [0.29, 0.717) is 6.61 Å². The van der Waals surface area contributed by atoms with E-state index in [1.54, 1.807) is 13.2 Å². The van der Waals surface area contributed by atoms with Gasteiger partial charge in [0.25, 0.3) is 0 Å². The van der Waals surface area contributed by atoms with Crippen LogP contribution in [-0.4, -0.2) is 18.7 Å². The maximum atomic E-state index is 5.73. The number of aromatic nitrogens is 1. The Morgan fingerprint density at radius 2 is 2.15 bits per heavy atom. The summed E-state index contributed by atoms with van der Waals surface area (Å²) in [7, 11) is 1.65. The van der Waals surface area contributed by atoms with Crippen molar-refractivity contribution in [2.75, 3.05) is 13.7 Å². The highest BCUT2D eigenvalue weighted by Gasteiger charge is 2.09. The summed E-state index contributed by atoms with van der Waals surface area (Å²) in [6.45, 7) is 8.38. The second-order valence-corrected chi connectivity index (χ2v) is 4.27. The molecule has 0 atom stereocenters. The Morgan fingerprint density at radius 1 is 1.35 bits per heavy atom. The molecule has 2 aromatic rings. The van der Waals surface area contributed by atoms with Crippen molar-refractivity contribution in [1.29, 1.82) is 0 Å². The fraction of sp³-hybridized carbons (Fsp3) is 0.235. The minimum Gasteiger partial charge on any atom is -0.497 e. The quantitative estimate of drug-likeness (QED) is 0.761. The molecule has 0 aliphatic carbocycles. The first-order chi connectivity index (χ1) is 9.73. The van der Waals surface area contributed by atoms with Crippen LogP contribution in [0.15, 0.2) is 43.0 Å². The Bertz CT molecular complexity index is 659. The van der Waals surface area contributed by atoms with E-state index in [-0.39, 0.29) is 0 Å². The van der Waals surface area contributed by atoms with Gasteiger partial charge in [-0.2, -0.15) is 0 Å². The van der Waals surface area contributed by atoms with Crippen LogP contribution < -0.4 is 9.47 Å². The number of rotatable bonds is 5. The van der Waals surface area contributed by atoms with Crippen molar-refractivity contribution >= 4 is 16.5 Å². The van der Waals surface area contributed by atoms with Gasteiger partial charge in [-0.1, -0.05) is 18.7 Å². The van der Waals surface area contributed by atoms with Crippen LogP contribution in [0, 0.1) is 0 Å². The smallest absolute Gasteiger partial charge is 0.130 e. The molecule has 20 heavy (non-hydrogen) atoms. The minimum absolute atomic E-state index is 0.615. The Hall–Kier alpha value is -2.29. The van der Waals surface area contributed by atoms with Crippen molar-refractivity contribution in [3.05, 3.63) is 48.7 Å². The van der Waals surface area contributed by atoms with Crippen LogP contribution in [-0.2, 0) is 0 Å². The predicted molar refractivity (Wildman–Crippen MR) is 83.3 cm³/mol. The molecular formula is C17H19NO2. The summed E-state index contributed by atoms with van der Waals surface area (Å²) in [6.07, 6.45) is 3.78. The maximum absolute atomic E-state index is 5.73. The molecule has 0 amide bonds.